The molecule has 0 aliphatic carbocycles. The lowest BCUT2D eigenvalue weighted by molar-refractivity contribution is -0.148. The lowest BCUT2D eigenvalue weighted by atomic mass is 10.1. The molecule has 8 nitrogen and oxygen atoms in total. The lowest BCUT2D eigenvalue weighted by Gasteiger charge is -2.18. The van der Waals surface area contributed by atoms with Gasteiger partial charge in [-0.2, -0.15) is 0 Å². The van der Waals surface area contributed by atoms with Crippen LogP contribution < -0.4 is 14.2 Å². The van der Waals surface area contributed by atoms with E-state index in [9.17, 15) is 14.4 Å². The summed E-state index contributed by atoms with van der Waals surface area (Å²) in [6.07, 6.45) is 1.51. The van der Waals surface area contributed by atoms with Gasteiger partial charge in [0.15, 0.2) is 11.5 Å². The Morgan fingerprint density at radius 2 is 1.73 bits per heavy atom. The molecular weight excluding hydrogens is 362 g/mol. The molecular formula is C17H19NO7S. The predicted octanol–water partition coefficient (Wildman–Crippen LogP) is 2.31. The van der Waals surface area contributed by atoms with Gasteiger partial charge in [-0.25, -0.2) is 4.79 Å². The number of benzene rings is 1. The average Bonchev–Trinajstić information content (AvgIpc) is 2.92. The molecule has 1 saturated heterocycles. The van der Waals surface area contributed by atoms with Crippen LogP contribution in [0.5, 0.6) is 17.2 Å². The van der Waals surface area contributed by atoms with Crippen molar-refractivity contribution in [3.8, 4) is 17.2 Å². The third-order valence-electron chi connectivity index (χ3n) is 3.77. The number of thioether (sulfide) groups is 1. The number of nitrogens with zero attached hydrogens (tertiary/aromatic N) is 1. The molecule has 0 N–H and O–H groups in total. The zero-order chi connectivity index (χ0) is 19.4. The van der Waals surface area contributed by atoms with Crippen molar-refractivity contribution in [1.29, 1.82) is 0 Å². The molecule has 140 valence electrons. The van der Waals surface area contributed by atoms with Gasteiger partial charge in [-0.05, 0) is 36.9 Å². The van der Waals surface area contributed by atoms with E-state index >= 15 is 0 Å². The number of rotatable bonds is 6. The molecule has 0 saturated carbocycles. The molecule has 0 radical (unpaired) electrons. The van der Waals surface area contributed by atoms with Gasteiger partial charge in [0.2, 0.25) is 5.75 Å². The highest BCUT2D eigenvalue weighted by Gasteiger charge is 2.41. The van der Waals surface area contributed by atoms with Gasteiger partial charge < -0.3 is 18.9 Å². The Bertz CT molecular complexity index is 775. The summed E-state index contributed by atoms with van der Waals surface area (Å²) in [6, 6.07) is 2.33. The zero-order valence-electron chi connectivity index (χ0n) is 15.0. The van der Waals surface area contributed by atoms with Gasteiger partial charge in [-0.1, -0.05) is 0 Å². The van der Waals surface area contributed by atoms with Gasteiger partial charge in [-0.15, -0.1) is 0 Å². The van der Waals surface area contributed by atoms with Crippen molar-refractivity contribution in [2.24, 2.45) is 0 Å². The summed E-state index contributed by atoms with van der Waals surface area (Å²) in [7, 11) is 5.62. The van der Waals surface area contributed by atoms with Gasteiger partial charge in [0.1, 0.15) is 6.04 Å². The van der Waals surface area contributed by atoms with Crippen LogP contribution in [-0.2, 0) is 14.3 Å². The summed E-state index contributed by atoms with van der Waals surface area (Å²) in [5.74, 6) is -0.0496. The first kappa shape index (κ1) is 19.6. The van der Waals surface area contributed by atoms with Crippen LogP contribution in [0.25, 0.3) is 6.08 Å². The summed E-state index contributed by atoms with van der Waals surface area (Å²) >= 11 is 0.739. The minimum absolute atomic E-state index is 0.163. The van der Waals surface area contributed by atoms with E-state index in [0.29, 0.717) is 22.8 Å². The van der Waals surface area contributed by atoms with Gasteiger partial charge >= 0.3 is 5.97 Å². The molecule has 1 unspecified atom stereocenters. The topological polar surface area (TPSA) is 91.4 Å². The van der Waals surface area contributed by atoms with Crippen molar-refractivity contribution in [3.63, 3.8) is 0 Å². The first-order valence-corrected chi connectivity index (χ1v) is 8.35. The standard InChI is InChI=1S/C17H19NO7S/c1-9(16(20)25-5)18-15(19)12(26-17(18)21)8-10-6-7-11(22-2)14(24-4)13(10)23-3/h6-9H,1-5H3. The largest absolute Gasteiger partial charge is 0.493 e. The summed E-state index contributed by atoms with van der Waals surface area (Å²) in [5.41, 5.74) is 0.529. The zero-order valence-corrected chi connectivity index (χ0v) is 15.8. The number of carbonyl (C=O) groups is 3. The number of hydrogen-bond donors (Lipinski definition) is 0. The van der Waals surface area contributed by atoms with E-state index < -0.39 is 23.2 Å². The first-order chi connectivity index (χ1) is 12.4. The Hall–Kier alpha value is -2.68. The van der Waals surface area contributed by atoms with Crippen LogP contribution in [-0.4, -0.2) is 56.5 Å². The Labute approximate surface area is 155 Å². The fourth-order valence-electron chi connectivity index (χ4n) is 2.47. The smallest absolute Gasteiger partial charge is 0.328 e. The number of ether oxygens (including phenoxy) is 4. The van der Waals surface area contributed by atoms with Crippen LogP contribution in [0.3, 0.4) is 0 Å². The molecule has 1 heterocycles. The molecule has 0 aromatic heterocycles. The third-order valence-corrected chi connectivity index (χ3v) is 4.66. The molecule has 1 aromatic carbocycles. The number of esters is 1. The quantitative estimate of drug-likeness (QED) is 0.548. The fourth-order valence-corrected chi connectivity index (χ4v) is 3.37. The number of hydrogen-bond acceptors (Lipinski definition) is 8. The molecule has 26 heavy (non-hydrogen) atoms. The van der Waals surface area contributed by atoms with Gasteiger partial charge in [-0.3, -0.25) is 14.5 Å². The van der Waals surface area contributed by atoms with Crippen LogP contribution >= 0.6 is 11.8 Å². The second-order valence-electron chi connectivity index (χ2n) is 5.17. The molecule has 1 aliphatic rings. The second kappa shape index (κ2) is 8.13. The van der Waals surface area contributed by atoms with Crippen LogP contribution in [0, 0.1) is 0 Å². The Kier molecular flexibility index (Phi) is 6.14. The summed E-state index contributed by atoms with van der Waals surface area (Å²) < 4.78 is 20.5. The third kappa shape index (κ3) is 3.48. The van der Waals surface area contributed by atoms with Gasteiger partial charge in [0, 0.05) is 5.56 Å². The predicted molar refractivity (Wildman–Crippen MR) is 95.4 cm³/mol. The van der Waals surface area contributed by atoms with E-state index in [2.05, 4.69) is 4.74 Å². The van der Waals surface area contributed by atoms with E-state index in [1.54, 1.807) is 12.1 Å². The monoisotopic (exact) mass is 381 g/mol. The molecule has 1 fully saturated rings. The van der Waals surface area contributed by atoms with E-state index in [1.165, 1.54) is 41.4 Å². The second-order valence-corrected chi connectivity index (χ2v) is 6.17. The van der Waals surface area contributed by atoms with Crippen molar-refractivity contribution in [2.75, 3.05) is 28.4 Å². The molecule has 9 heteroatoms. The number of imide groups is 1. The maximum atomic E-state index is 12.6. The van der Waals surface area contributed by atoms with Crippen molar-refractivity contribution >= 4 is 35.0 Å². The summed E-state index contributed by atoms with van der Waals surface area (Å²) in [4.78, 5) is 37.4. The number of methoxy groups -OCH3 is 4. The lowest BCUT2D eigenvalue weighted by Crippen LogP contribution is -2.42. The minimum Gasteiger partial charge on any atom is -0.493 e. The van der Waals surface area contributed by atoms with E-state index in [-0.39, 0.29) is 4.91 Å². The van der Waals surface area contributed by atoms with Crippen LogP contribution in [0.1, 0.15) is 12.5 Å². The molecule has 0 bridgehead atoms. The first-order valence-electron chi connectivity index (χ1n) is 7.53. The maximum Gasteiger partial charge on any atom is 0.328 e. The highest BCUT2D eigenvalue weighted by Crippen LogP contribution is 2.42. The normalized spacial score (nSPS) is 16.7. The van der Waals surface area contributed by atoms with Crippen molar-refractivity contribution in [1.82, 2.24) is 4.90 Å². The Morgan fingerprint density at radius 3 is 2.27 bits per heavy atom. The van der Waals surface area contributed by atoms with E-state index in [0.717, 1.165) is 16.7 Å². The van der Waals surface area contributed by atoms with E-state index in [1.807, 2.05) is 0 Å². The van der Waals surface area contributed by atoms with Crippen LogP contribution in [0.2, 0.25) is 0 Å². The Balaban J connectivity index is 2.44. The van der Waals surface area contributed by atoms with Crippen molar-refractivity contribution in [3.05, 3.63) is 22.6 Å². The van der Waals surface area contributed by atoms with Crippen LogP contribution in [0.15, 0.2) is 17.0 Å². The van der Waals surface area contributed by atoms with Crippen molar-refractivity contribution < 1.29 is 33.3 Å². The molecule has 2 amide bonds. The molecule has 0 spiro atoms. The van der Waals surface area contributed by atoms with Crippen LogP contribution in [0.4, 0.5) is 4.79 Å². The molecule has 1 atom stereocenters. The highest BCUT2D eigenvalue weighted by atomic mass is 32.2. The molecule has 2 rings (SSSR count). The molecule has 1 aliphatic heterocycles. The summed E-state index contributed by atoms with van der Waals surface area (Å²) in [5, 5.41) is -0.543. The van der Waals surface area contributed by atoms with Crippen molar-refractivity contribution in [2.45, 2.75) is 13.0 Å². The molecule has 1 aromatic rings. The Morgan fingerprint density at radius 1 is 1.08 bits per heavy atom. The van der Waals surface area contributed by atoms with Gasteiger partial charge in [0.05, 0.1) is 33.3 Å². The fraction of sp³-hybridized carbons (Fsp3) is 0.353. The van der Waals surface area contributed by atoms with E-state index in [4.69, 9.17) is 14.2 Å². The minimum atomic E-state index is -1.01. The number of amides is 2. The highest BCUT2D eigenvalue weighted by molar-refractivity contribution is 8.18. The average molecular weight is 381 g/mol. The SMILES string of the molecule is COC(=O)C(C)N1C(=O)SC(=Cc2ccc(OC)c(OC)c2OC)C1=O. The van der Waals surface area contributed by atoms with Gasteiger partial charge in [0.25, 0.3) is 11.1 Å². The maximum absolute atomic E-state index is 12.6. The number of carbonyl (C=O) groups excluding carboxylic acids is 3. The summed E-state index contributed by atoms with van der Waals surface area (Å²) in [6.45, 7) is 1.43.